The van der Waals surface area contributed by atoms with Gasteiger partial charge in [-0.25, -0.2) is 0 Å². The molecule has 4 nitrogen and oxygen atoms in total. The Balaban J connectivity index is 2.05. The summed E-state index contributed by atoms with van der Waals surface area (Å²) in [6, 6.07) is 13.6. The monoisotopic (exact) mass is 327 g/mol. The standard InChI is InChI=1S/C20H25NO3/c1-5-15-6-8-16(9-7-15)12-20(22)21-14(2)18-13-17(23-3)10-11-19(18)24-4/h6-11,13-14H,5,12H2,1-4H3,(H,21,22). The molecule has 4 heteroatoms. The normalized spacial score (nSPS) is 11.7. The molecule has 1 amide bonds. The summed E-state index contributed by atoms with van der Waals surface area (Å²) >= 11 is 0. The topological polar surface area (TPSA) is 47.6 Å². The number of aryl methyl sites for hydroxylation is 1. The van der Waals surface area contributed by atoms with E-state index in [9.17, 15) is 4.79 Å². The van der Waals surface area contributed by atoms with Crippen LogP contribution in [0.5, 0.6) is 11.5 Å². The molecule has 1 unspecified atom stereocenters. The predicted octanol–water partition coefficient (Wildman–Crippen LogP) is 3.69. The molecule has 0 saturated heterocycles. The Labute approximate surface area is 143 Å². The summed E-state index contributed by atoms with van der Waals surface area (Å²) in [4.78, 5) is 12.3. The zero-order valence-electron chi connectivity index (χ0n) is 14.8. The number of hydrogen-bond donors (Lipinski definition) is 1. The molecule has 0 aliphatic heterocycles. The van der Waals surface area contributed by atoms with Crippen LogP contribution < -0.4 is 14.8 Å². The molecule has 0 aromatic heterocycles. The van der Waals surface area contributed by atoms with Crippen LogP contribution in [0.2, 0.25) is 0 Å². The zero-order chi connectivity index (χ0) is 17.5. The second-order valence-electron chi connectivity index (χ2n) is 5.74. The van der Waals surface area contributed by atoms with E-state index in [1.165, 1.54) is 5.56 Å². The van der Waals surface area contributed by atoms with Gasteiger partial charge in [0.1, 0.15) is 11.5 Å². The second kappa shape index (κ2) is 8.39. The van der Waals surface area contributed by atoms with Crippen LogP contribution in [0.3, 0.4) is 0 Å². The number of carbonyl (C=O) groups excluding carboxylic acids is 1. The highest BCUT2D eigenvalue weighted by molar-refractivity contribution is 5.79. The van der Waals surface area contributed by atoms with Gasteiger partial charge in [0.2, 0.25) is 5.91 Å². The molecule has 0 heterocycles. The van der Waals surface area contributed by atoms with Crippen LogP contribution in [0.15, 0.2) is 42.5 Å². The van der Waals surface area contributed by atoms with Gasteiger partial charge in [-0.2, -0.15) is 0 Å². The van der Waals surface area contributed by atoms with Crippen molar-refractivity contribution in [1.29, 1.82) is 0 Å². The van der Waals surface area contributed by atoms with Crippen LogP contribution in [0.1, 0.15) is 36.6 Å². The van der Waals surface area contributed by atoms with Crippen LogP contribution in [0.25, 0.3) is 0 Å². The van der Waals surface area contributed by atoms with E-state index in [0.29, 0.717) is 6.42 Å². The van der Waals surface area contributed by atoms with E-state index in [2.05, 4.69) is 24.4 Å². The van der Waals surface area contributed by atoms with Gasteiger partial charge in [0.05, 0.1) is 26.7 Å². The predicted molar refractivity (Wildman–Crippen MR) is 95.6 cm³/mol. The highest BCUT2D eigenvalue weighted by atomic mass is 16.5. The molecular formula is C20H25NO3. The quantitative estimate of drug-likeness (QED) is 0.844. The maximum Gasteiger partial charge on any atom is 0.224 e. The van der Waals surface area contributed by atoms with Gasteiger partial charge in [-0.3, -0.25) is 4.79 Å². The number of amides is 1. The molecule has 0 fully saturated rings. The van der Waals surface area contributed by atoms with Crippen molar-refractivity contribution in [3.05, 3.63) is 59.2 Å². The lowest BCUT2D eigenvalue weighted by molar-refractivity contribution is -0.121. The van der Waals surface area contributed by atoms with Crippen molar-refractivity contribution >= 4 is 5.91 Å². The lowest BCUT2D eigenvalue weighted by atomic mass is 10.0. The number of benzene rings is 2. The van der Waals surface area contributed by atoms with Gasteiger partial charge >= 0.3 is 0 Å². The highest BCUT2D eigenvalue weighted by Crippen LogP contribution is 2.29. The zero-order valence-corrected chi connectivity index (χ0v) is 14.8. The molecule has 2 rings (SSSR count). The molecule has 128 valence electrons. The van der Waals surface area contributed by atoms with E-state index < -0.39 is 0 Å². The van der Waals surface area contributed by atoms with Gasteiger partial charge in [-0.05, 0) is 42.7 Å². The fraction of sp³-hybridized carbons (Fsp3) is 0.350. The van der Waals surface area contributed by atoms with Crippen LogP contribution in [-0.2, 0) is 17.6 Å². The fourth-order valence-electron chi connectivity index (χ4n) is 2.63. The van der Waals surface area contributed by atoms with Gasteiger partial charge in [0.15, 0.2) is 0 Å². The summed E-state index contributed by atoms with van der Waals surface area (Å²) in [6.45, 7) is 4.06. The molecular weight excluding hydrogens is 302 g/mol. The van der Waals surface area contributed by atoms with Gasteiger partial charge < -0.3 is 14.8 Å². The maximum atomic E-state index is 12.3. The summed E-state index contributed by atoms with van der Waals surface area (Å²) in [5, 5.41) is 3.02. The van der Waals surface area contributed by atoms with Crippen molar-refractivity contribution in [3.8, 4) is 11.5 Å². The number of ether oxygens (including phenoxy) is 2. The Kier molecular flexibility index (Phi) is 6.24. The third-order valence-electron chi connectivity index (χ3n) is 4.08. The van der Waals surface area contributed by atoms with E-state index in [0.717, 1.165) is 29.0 Å². The van der Waals surface area contributed by atoms with Crippen molar-refractivity contribution in [1.82, 2.24) is 5.32 Å². The Morgan fingerprint density at radius 2 is 1.71 bits per heavy atom. The molecule has 1 N–H and O–H groups in total. The lowest BCUT2D eigenvalue weighted by Gasteiger charge is -2.18. The van der Waals surface area contributed by atoms with E-state index in [1.807, 2.05) is 37.3 Å². The minimum absolute atomic E-state index is 0.0170. The maximum absolute atomic E-state index is 12.3. The van der Waals surface area contributed by atoms with Crippen LogP contribution >= 0.6 is 0 Å². The Morgan fingerprint density at radius 3 is 2.29 bits per heavy atom. The van der Waals surface area contributed by atoms with Crippen molar-refractivity contribution in [2.75, 3.05) is 14.2 Å². The molecule has 1 atom stereocenters. The molecule has 0 bridgehead atoms. The van der Waals surface area contributed by atoms with E-state index in [4.69, 9.17) is 9.47 Å². The third kappa shape index (κ3) is 4.51. The first-order valence-electron chi connectivity index (χ1n) is 8.16. The minimum Gasteiger partial charge on any atom is -0.497 e. The van der Waals surface area contributed by atoms with Gasteiger partial charge in [0, 0.05) is 5.56 Å². The summed E-state index contributed by atoms with van der Waals surface area (Å²) in [5.41, 5.74) is 3.18. The molecule has 24 heavy (non-hydrogen) atoms. The van der Waals surface area contributed by atoms with E-state index in [-0.39, 0.29) is 11.9 Å². The number of hydrogen-bond acceptors (Lipinski definition) is 3. The largest absolute Gasteiger partial charge is 0.497 e. The molecule has 2 aromatic carbocycles. The summed E-state index contributed by atoms with van der Waals surface area (Å²) in [7, 11) is 3.24. The molecule has 0 aliphatic carbocycles. The number of methoxy groups -OCH3 is 2. The van der Waals surface area contributed by atoms with E-state index in [1.54, 1.807) is 14.2 Å². The van der Waals surface area contributed by atoms with Crippen LogP contribution in [0, 0.1) is 0 Å². The SMILES string of the molecule is CCc1ccc(CC(=O)NC(C)c2cc(OC)ccc2OC)cc1. The summed E-state index contributed by atoms with van der Waals surface area (Å²) < 4.78 is 10.6. The molecule has 0 saturated carbocycles. The van der Waals surface area contributed by atoms with Crippen LogP contribution in [-0.4, -0.2) is 20.1 Å². The molecule has 0 radical (unpaired) electrons. The smallest absolute Gasteiger partial charge is 0.224 e. The van der Waals surface area contributed by atoms with Crippen molar-refractivity contribution in [3.63, 3.8) is 0 Å². The molecule has 0 aliphatic rings. The van der Waals surface area contributed by atoms with Gasteiger partial charge in [0.25, 0.3) is 0 Å². The molecule has 0 spiro atoms. The average Bonchev–Trinajstić information content (AvgIpc) is 2.61. The van der Waals surface area contributed by atoms with Crippen LogP contribution in [0.4, 0.5) is 0 Å². The van der Waals surface area contributed by atoms with Gasteiger partial charge in [-0.15, -0.1) is 0 Å². The van der Waals surface area contributed by atoms with Crippen molar-refractivity contribution in [2.45, 2.75) is 32.7 Å². The first-order valence-corrected chi connectivity index (χ1v) is 8.16. The number of nitrogens with one attached hydrogen (secondary N) is 1. The Bertz CT molecular complexity index is 680. The Morgan fingerprint density at radius 1 is 1.04 bits per heavy atom. The summed E-state index contributed by atoms with van der Waals surface area (Å²) in [6.07, 6.45) is 1.36. The first-order chi connectivity index (χ1) is 11.6. The van der Waals surface area contributed by atoms with Gasteiger partial charge in [-0.1, -0.05) is 31.2 Å². The first kappa shape index (κ1) is 17.9. The fourth-order valence-corrected chi connectivity index (χ4v) is 2.63. The Hall–Kier alpha value is -2.49. The third-order valence-corrected chi connectivity index (χ3v) is 4.08. The minimum atomic E-state index is -0.169. The number of rotatable bonds is 7. The lowest BCUT2D eigenvalue weighted by Crippen LogP contribution is -2.28. The average molecular weight is 327 g/mol. The summed E-state index contributed by atoms with van der Waals surface area (Å²) in [5.74, 6) is 1.45. The van der Waals surface area contributed by atoms with E-state index >= 15 is 0 Å². The molecule has 2 aromatic rings. The van der Waals surface area contributed by atoms with Crippen molar-refractivity contribution < 1.29 is 14.3 Å². The second-order valence-corrected chi connectivity index (χ2v) is 5.74. The van der Waals surface area contributed by atoms with Crippen molar-refractivity contribution in [2.24, 2.45) is 0 Å². The number of carbonyl (C=O) groups is 1. The highest BCUT2D eigenvalue weighted by Gasteiger charge is 2.15.